The molecule has 1 fully saturated rings. The van der Waals surface area contributed by atoms with Crippen LogP contribution in [0.25, 0.3) is 10.8 Å². The van der Waals surface area contributed by atoms with Crippen LogP contribution in [0.15, 0.2) is 41.3 Å². The van der Waals surface area contributed by atoms with Crippen LogP contribution in [0.2, 0.25) is 0 Å². The molecule has 0 unspecified atom stereocenters. The second kappa shape index (κ2) is 5.96. The van der Waals surface area contributed by atoms with Crippen LogP contribution in [-0.4, -0.2) is 17.5 Å². The van der Waals surface area contributed by atoms with Crippen molar-refractivity contribution in [2.24, 2.45) is 5.41 Å². The van der Waals surface area contributed by atoms with Gasteiger partial charge in [-0.3, -0.25) is 4.79 Å². The van der Waals surface area contributed by atoms with Gasteiger partial charge in [-0.1, -0.05) is 18.2 Å². The molecule has 1 aliphatic heterocycles. The van der Waals surface area contributed by atoms with Gasteiger partial charge in [0.05, 0.1) is 5.41 Å². The van der Waals surface area contributed by atoms with Crippen molar-refractivity contribution in [2.75, 3.05) is 11.5 Å². The third kappa shape index (κ3) is 3.00. The zero-order valence-electron chi connectivity index (χ0n) is 13.5. The number of ether oxygens (including phenoxy) is 1. The van der Waals surface area contributed by atoms with Crippen LogP contribution < -0.4 is 4.74 Å². The highest BCUT2D eigenvalue weighted by Gasteiger charge is 2.30. The molecule has 0 saturated carbocycles. The monoisotopic (exact) mass is 315 g/mol. The smallest absolute Gasteiger partial charge is 0.316 e. The standard InChI is InChI=1S/C19H23O2S/c1-19(2,3)18(20)21-16-10-11-17(22-12-6-7-13-22)15-9-5-4-8-14(15)16/h4-5,8-11H,6-7,12-13H2,1-3H3/q+1. The van der Waals surface area contributed by atoms with Crippen LogP contribution in [0.3, 0.4) is 0 Å². The van der Waals surface area contributed by atoms with Crippen LogP contribution >= 0.6 is 0 Å². The van der Waals surface area contributed by atoms with E-state index in [4.69, 9.17) is 4.74 Å². The normalized spacial score (nSPS) is 16.1. The van der Waals surface area contributed by atoms with Gasteiger partial charge < -0.3 is 4.74 Å². The lowest BCUT2D eigenvalue weighted by atomic mass is 9.97. The van der Waals surface area contributed by atoms with Crippen LogP contribution in [-0.2, 0) is 15.7 Å². The largest absolute Gasteiger partial charge is 0.425 e. The SMILES string of the molecule is CC(C)(C)C(=O)Oc1ccc([S+]2CCCC2)c2ccccc12. The molecule has 0 N–H and O–H groups in total. The molecule has 3 rings (SSSR count). The number of fused-ring (bicyclic) bond motifs is 1. The Morgan fingerprint density at radius 2 is 1.64 bits per heavy atom. The van der Waals surface area contributed by atoms with Gasteiger partial charge in [0.15, 0.2) is 4.90 Å². The Labute approximate surface area is 135 Å². The van der Waals surface area contributed by atoms with E-state index in [1.54, 1.807) is 0 Å². The number of rotatable bonds is 2. The maximum Gasteiger partial charge on any atom is 0.316 e. The van der Waals surface area contributed by atoms with E-state index in [0.29, 0.717) is 16.6 Å². The Morgan fingerprint density at radius 3 is 2.27 bits per heavy atom. The molecule has 116 valence electrons. The first-order valence-electron chi connectivity index (χ1n) is 7.88. The van der Waals surface area contributed by atoms with Gasteiger partial charge in [-0.15, -0.1) is 0 Å². The molecule has 1 saturated heterocycles. The minimum Gasteiger partial charge on any atom is -0.425 e. The molecule has 2 nitrogen and oxygen atoms in total. The Hall–Kier alpha value is -1.48. The maximum absolute atomic E-state index is 12.2. The third-order valence-corrected chi connectivity index (χ3v) is 6.54. The summed E-state index contributed by atoms with van der Waals surface area (Å²) in [5.41, 5.74) is -0.493. The van der Waals surface area contributed by atoms with Gasteiger partial charge in [-0.25, -0.2) is 0 Å². The van der Waals surface area contributed by atoms with Crippen LogP contribution in [0.1, 0.15) is 33.6 Å². The summed E-state index contributed by atoms with van der Waals surface area (Å²) < 4.78 is 5.67. The molecule has 0 aliphatic carbocycles. The van der Waals surface area contributed by atoms with E-state index < -0.39 is 5.41 Å². The molecule has 0 bridgehead atoms. The average molecular weight is 315 g/mol. The lowest BCUT2D eigenvalue weighted by molar-refractivity contribution is -0.142. The Bertz CT molecular complexity index is 694. The molecular formula is C19H23O2S+. The van der Waals surface area contributed by atoms with E-state index in [1.165, 1.54) is 34.6 Å². The lowest BCUT2D eigenvalue weighted by Gasteiger charge is -2.17. The van der Waals surface area contributed by atoms with Crippen LogP contribution in [0.4, 0.5) is 0 Å². The summed E-state index contributed by atoms with van der Waals surface area (Å²) in [6, 6.07) is 12.4. The van der Waals surface area contributed by atoms with Gasteiger partial charge in [-0.05, 0) is 51.8 Å². The molecule has 1 aliphatic rings. The number of benzene rings is 2. The number of carbonyl (C=O) groups is 1. The van der Waals surface area contributed by atoms with Gasteiger partial charge in [0.2, 0.25) is 0 Å². The van der Waals surface area contributed by atoms with Gasteiger partial charge >= 0.3 is 5.97 Å². The summed E-state index contributed by atoms with van der Waals surface area (Å²) in [5.74, 6) is 3.09. The zero-order valence-corrected chi connectivity index (χ0v) is 14.3. The molecular weight excluding hydrogens is 292 g/mol. The quantitative estimate of drug-likeness (QED) is 0.461. The molecule has 22 heavy (non-hydrogen) atoms. The molecule has 1 heterocycles. The summed E-state index contributed by atoms with van der Waals surface area (Å²) in [6.07, 6.45) is 2.66. The third-order valence-electron chi connectivity index (χ3n) is 4.00. The minimum absolute atomic E-state index is 0.186. The van der Waals surface area contributed by atoms with Crippen molar-refractivity contribution < 1.29 is 9.53 Å². The van der Waals surface area contributed by atoms with Crippen molar-refractivity contribution in [3.63, 3.8) is 0 Å². The Morgan fingerprint density at radius 1 is 1.00 bits per heavy atom. The minimum atomic E-state index is -0.493. The van der Waals surface area contributed by atoms with Gasteiger partial charge in [0.25, 0.3) is 0 Å². The first-order valence-corrected chi connectivity index (χ1v) is 9.44. The van der Waals surface area contributed by atoms with Crippen molar-refractivity contribution in [2.45, 2.75) is 38.5 Å². The van der Waals surface area contributed by atoms with E-state index in [1.807, 2.05) is 32.9 Å². The fourth-order valence-electron chi connectivity index (χ4n) is 2.71. The zero-order chi connectivity index (χ0) is 15.7. The van der Waals surface area contributed by atoms with E-state index in [2.05, 4.69) is 24.3 Å². The van der Waals surface area contributed by atoms with Crippen molar-refractivity contribution in [3.8, 4) is 5.75 Å². The number of hydrogen-bond donors (Lipinski definition) is 0. The summed E-state index contributed by atoms with van der Waals surface area (Å²) >= 11 is 0. The molecule has 2 aromatic carbocycles. The first-order chi connectivity index (χ1) is 10.5. The van der Waals surface area contributed by atoms with E-state index >= 15 is 0 Å². The predicted octanol–water partition coefficient (Wildman–Crippen LogP) is 4.56. The highest BCUT2D eigenvalue weighted by atomic mass is 32.2. The molecule has 0 amide bonds. The summed E-state index contributed by atoms with van der Waals surface area (Å²) in [4.78, 5) is 13.6. The van der Waals surface area contributed by atoms with E-state index in [9.17, 15) is 4.79 Å². The second-order valence-corrected chi connectivity index (χ2v) is 9.10. The summed E-state index contributed by atoms with van der Waals surface area (Å²) in [6.45, 7) is 5.64. The number of carbonyl (C=O) groups excluding carboxylic acids is 1. The number of esters is 1. The highest BCUT2D eigenvalue weighted by Crippen LogP contribution is 2.35. The predicted molar refractivity (Wildman–Crippen MR) is 93.6 cm³/mol. The molecule has 0 aromatic heterocycles. The van der Waals surface area contributed by atoms with Gasteiger partial charge in [-0.2, -0.15) is 0 Å². The van der Waals surface area contributed by atoms with Crippen molar-refractivity contribution in [1.29, 1.82) is 0 Å². The molecule has 3 heteroatoms. The van der Waals surface area contributed by atoms with Crippen molar-refractivity contribution >= 4 is 27.6 Å². The summed E-state index contributed by atoms with van der Waals surface area (Å²) in [7, 11) is 0.356. The maximum atomic E-state index is 12.2. The molecule has 0 radical (unpaired) electrons. The molecule has 2 aromatic rings. The van der Waals surface area contributed by atoms with Crippen LogP contribution in [0, 0.1) is 5.41 Å². The summed E-state index contributed by atoms with van der Waals surface area (Å²) in [5, 5.41) is 2.30. The van der Waals surface area contributed by atoms with Crippen molar-refractivity contribution in [1.82, 2.24) is 0 Å². The Balaban J connectivity index is 2.03. The van der Waals surface area contributed by atoms with Crippen LogP contribution in [0.5, 0.6) is 5.75 Å². The fourth-order valence-corrected chi connectivity index (χ4v) is 5.21. The molecule has 0 atom stereocenters. The topological polar surface area (TPSA) is 26.3 Å². The molecule has 0 spiro atoms. The van der Waals surface area contributed by atoms with Gasteiger partial charge in [0.1, 0.15) is 17.3 Å². The Kier molecular flexibility index (Phi) is 4.18. The fraction of sp³-hybridized carbons (Fsp3) is 0.421. The highest BCUT2D eigenvalue weighted by molar-refractivity contribution is 7.97. The van der Waals surface area contributed by atoms with E-state index in [-0.39, 0.29) is 5.97 Å². The van der Waals surface area contributed by atoms with E-state index in [0.717, 1.165) is 5.39 Å². The first kappa shape index (κ1) is 15.4. The average Bonchev–Trinajstić information content (AvgIpc) is 3.00. The van der Waals surface area contributed by atoms with Crippen molar-refractivity contribution in [3.05, 3.63) is 36.4 Å². The van der Waals surface area contributed by atoms with Gasteiger partial charge in [0, 0.05) is 21.7 Å². The second-order valence-electron chi connectivity index (χ2n) is 6.86. The number of hydrogen-bond acceptors (Lipinski definition) is 2. The lowest BCUT2D eigenvalue weighted by Crippen LogP contribution is -2.25.